The Bertz CT molecular complexity index is 862. The lowest BCUT2D eigenvalue weighted by molar-refractivity contribution is -0.123. The molecule has 1 amide bonds. The molecule has 0 aliphatic carbocycles. The molecule has 0 spiro atoms. The summed E-state index contributed by atoms with van der Waals surface area (Å²) in [6.07, 6.45) is 0. The van der Waals surface area contributed by atoms with Gasteiger partial charge in [-0.25, -0.2) is 4.98 Å². The van der Waals surface area contributed by atoms with Crippen LogP contribution in [0.4, 0.5) is 5.13 Å². The maximum Gasteiger partial charge on any atom is 0.231 e. The van der Waals surface area contributed by atoms with E-state index in [4.69, 9.17) is 4.52 Å². The lowest BCUT2D eigenvalue weighted by atomic mass is 9.96. The van der Waals surface area contributed by atoms with Crippen molar-refractivity contribution in [3.8, 4) is 22.0 Å². The van der Waals surface area contributed by atoms with Crippen LogP contribution in [-0.4, -0.2) is 21.0 Å². The van der Waals surface area contributed by atoms with Crippen LogP contribution in [0.25, 0.3) is 22.0 Å². The van der Waals surface area contributed by atoms with Crippen LogP contribution in [0.5, 0.6) is 0 Å². The summed E-state index contributed by atoms with van der Waals surface area (Å²) >= 11 is 1.34. The van der Waals surface area contributed by atoms with Gasteiger partial charge < -0.3 is 9.84 Å². The van der Waals surface area contributed by atoms with Crippen LogP contribution in [-0.2, 0) is 4.79 Å². The van der Waals surface area contributed by atoms with E-state index in [0.717, 1.165) is 16.1 Å². The van der Waals surface area contributed by atoms with E-state index < -0.39 is 5.41 Å². The summed E-state index contributed by atoms with van der Waals surface area (Å²) in [6.45, 7) is 7.31. The number of carbonyl (C=O) groups is 1. The fraction of sp³-hybridized carbons (Fsp3) is 0.294. The molecule has 6 nitrogen and oxygen atoms in total. The Morgan fingerprint density at radius 2 is 1.88 bits per heavy atom. The van der Waals surface area contributed by atoms with E-state index in [0.29, 0.717) is 16.8 Å². The van der Waals surface area contributed by atoms with Crippen molar-refractivity contribution >= 4 is 22.4 Å². The number of hydrogen-bond donors (Lipinski definition) is 1. The number of hydrogen-bond acceptors (Lipinski definition) is 6. The monoisotopic (exact) mass is 342 g/mol. The SMILES string of the molecule is Cc1nc(-c2sc(NC(=O)C(C)(C)C)nc2-c2ccccc2)no1. The second kappa shape index (κ2) is 6.16. The van der Waals surface area contributed by atoms with E-state index in [1.54, 1.807) is 6.92 Å². The van der Waals surface area contributed by atoms with Crippen molar-refractivity contribution in [1.82, 2.24) is 15.1 Å². The number of aryl methyl sites for hydroxylation is 1. The van der Waals surface area contributed by atoms with Gasteiger partial charge in [0.25, 0.3) is 0 Å². The van der Waals surface area contributed by atoms with E-state index in [1.165, 1.54) is 11.3 Å². The smallest absolute Gasteiger partial charge is 0.231 e. The number of rotatable bonds is 3. The van der Waals surface area contributed by atoms with Crippen molar-refractivity contribution in [3.63, 3.8) is 0 Å². The molecule has 0 radical (unpaired) electrons. The molecule has 0 atom stereocenters. The molecule has 3 rings (SSSR count). The molecular formula is C17H18N4O2S. The first-order chi connectivity index (χ1) is 11.3. The molecule has 0 aliphatic heterocycles. The Morgan fingerprint density at radius 3 is 2.46 bits per heavy atom. The van der Waals surface area contributed by atoms with Gasteiger partial charge in [-0.2, -0.15) is 4.98 Å². The van der Waals surface area contributed by atoms with Crippen LogP contribution >= 0.6 is 11.3 Å². The van der Waals surface area contributed by atoms with Gasteiger partial charge >= 0.3 is 0 Å². The third kappa shape index (κ3) is 3.35. The molecule has 0 fully saturated rings. The molecule has 0 saturated carbocycles. The molecule has 3 aromatic rings. The quantitative estimate of drug-likeness (QED) is 0.773. The van der Waals surface area contributed by atoms with E-state index >= 15 is 0 Å². The first kappa shape index (κ1) is 16.3. The third-order valence-corrected chi connectivity index (χ3v) is 4.27. The van der Waals surface area contributed by atoms with Gasteiger partial charge in [-0.05, 0) is 0 Å². The number of carbonyl (C=O) groups excluding carboxylic acids is 1. The highest BCUT2D eigenvalue weighted by Crippen LogP contribution is 2.38. The van der Waals surface area contributed by atoms with Crippen LogP contribution < -0.4 is 5.32 Å². The van der Waals surface area contributed by atoms with Gasteiger partial charge in [-0.1, -0.05) is 67.6 Å². The summed E-state index contributed by atoms with van der Waals surface area (Å²) in [5, 5.41) is 7.38. The summed E-state index contributed by atoms with van der Waals surface area (Å²) in [4.78, 5) is 21.9. The van der Waals surface area contributed by atoms with Crippen molar-refractivity contribution in [2.45, 2.75) is 27.7 Å². The van der Waals surface area contributed by atoms with Gasteiger partial charge in [-0.3, -0.25) is 4.79 Å². The molecular weight excluding hydrogens is 324 g/mol. The lowest BCUT2D eigenvalue weighted by Gasteiger charge is -2.15. The molecule has 24 heavy (non-hydrogen) atoms. The molecule has 0 unspecified atom stereocenters. The fourth-order valence-electron chi connectivity index (χ4n) is 1.99. The number of thiazole rings is 1. The summed E-state index contributed by atoms with van der Waals surface area (Å²) in [7, 11) is 0. The molecule has 0 aliphatic rings. The first-order valence-electron chi connectivity index (χ1n) is 7.53. The zero-order chi connectivity index (χ0) is 17.3. The highest BCUT2D eigenvalue weighted by Gasteiger charge is 2.25. The number of nitrogens with one attached hydrogen (secondary N) is 1. The molecule has 0 bridgehead atoms. The standard InChI is InChI=1S/C17H18N4O2S/c1-10-18-14(21-23-10)13-12(11-8-6-5-7-9-11)19-16(24-13)20-15(22)17(2,3)4/h5-9H,1-4H3,(H,19,20,22). The maximum absolute atomic E-state index is 12.2. The largest absolute Gasteiger partial charge is 0.339 e. The van der Waals surface area contributed by atoms with Crippen LogP contribution in [0, 0.1) is 12.3 Å². The molecule has 1 N–H and O–H groups in total. The normalized spacial score (nSPS) is 11.5. The first-order valence-corrected chi connectivity index (χ1v) is 8.34. The summed E-state index contributed by atoms with van der Waals surface area (Å²) < 4.78 is 5.08. The minimum Gasteiger partial charge on any atom is -0.339 e. The van der Waals surface area contributed by atoms with Gasteiger partial charge in [-0.15, -0.1) is 0 Å². The van der Waals surface area contributed by atoms with Crippen molar-refractivity contribution in [1.29, 1.82) is 0 Å². The Hall–Kier alpha value is -2.54. The number of aromatic nitrogens is 3. The Morgan fingerprint density at radius 1 is 1.17 bits per heavy atom. The van der Waals surface area contributed by atoms with Gasteiger partial charge in [0.2, 0.25) is 17.6 Å². The molecule has 1 aromatic carbocycles. The number of nitrogens with zero attached hydrogens (tertiary/aromatic N) is 3. The molecule has 2 heterocycles. The topological polar surface area (TPSA) is 80.9 Å². The predicted molar refractivity (Wildman–Crippen MR) is 93.7 cm³/mol. The average molecular weight is 342 g/mol. The van der Waals surface area contributed by atoms with Crippen LogP contribution in [0.1, 0.15) is 26.7 Å². The highest BCUT2D eigenvalue weighted by molar-refractivity contribution is 7.19. The summed E-state index contributed by atoms with van der Waals surface area (Å²) in [5.74, 6) is 0.865. The van der Waals surface area contributed by atoms with E-state index in [-0.39, 0.29) is 5.91 Å². The Labute approximate surface area is 143 Å². The zero-order valence-electron chi connectivity index (χ0n) is 14.0. The van der Waals surface area contributed by atoms with Crippen LogP contribution in [0.15, 0.2) is 34.9 Å². The zero-order valence-corrected chi connectivity index (χ0v) is 14.8. The average Bonchev–Trinajstić information content (AvgIpc) is 3.13. The third-order valence-electron chi connectivity index (χ3n) is 3.31. The fourth-order valence-corrected chi connectivity index (χ4v) is 2.90. The van der Waals surface area contributed by atoms with Crippen molar-refractivity contribution in [2.75, 3.05) is 5.32 Å². The minimum absolute atomic E-state index is 0.0910. The number of anilines is 1. The second-order valence-electron chi connectivity index (χ2n) is 6.40. The summed E-state index contributed by atoms with van der Waals surface area (Å²) in [6, 6.07) is 9.73. The molecule has 7 heteroatoms. The van der Waals surface area contributed by atoms with Gasteiger partial charge in [0.05, 0.1) is 5.69 Å². The Balaban J connectivity index is 2.05. The molecule has 0 saturated heterocycles. The minimum atomic E-state index is -0.499. The van der Waals surface area contributed by atoms with Crippen molar-refractivity contribution in [2.24, 2.45) is 5.41 Å². The van der Waals surface area contributed by atoms with Gasteiger partial charge in [0, 0.05) is 17.9 Å². The van der Waals surface area contributed by atoms with E-state index in [1.807, 2.05) is 51.1 Å². The van der Waals surface area contributed by atoms with E-state index in [9.17, 15) is 4.79 Å². The molecule has 124 valence electrons. The highest BCUT2D eigenvalue weighted by atomic mass is 32.1. The number of benzene rings is 1. The van der Waals surface area contributed by atoms with Gasteiger partial charge in [0.15, 0.2) is 5.13 Å². The number of amides is 1. The Kier molecular flexibility index (Phi) is 4.19. The summed E-state index contributed by atoms with van der Waals surface area (Å²) in [5.41, 5.74) is 1.16. The lowest BCUT2D eigenvalue weighted by Crippen LogP contribution is -2.27. The van der Waals surface area contributed by atoms with Crippen molar-refractivity contribution < 1.29 is 9.32 Å². The van der Waals surface area contributed by atoms with Crippen LogP contribution in [0.3, 0.4) is 0 Å². The second-order valence-corrected chi connectivity index (χ2v) is 7.40. The maximum atomic E-state index is 12.2. The van der Waals surface area contributed by atoms with Crippen molar-refractivity contribution in [3.05, 3.63) is 36.2 Å². The predicted octanol–water partition coefficient (Wildman–Crippen LogP) is 4.15. The van der Waals surface area contributed by atoms with Gasteiger partial charge in [0.1, 0.15) is 4.88 Å². The van der Waals surface area contributed by atoms with E-state index in [2.05, 4.69) is 20.4 Å². The molecule has 2 aromatic heterocycles. The van der Waals surface area contributed by atoms with Crippen LogP contribution in [0.2, 0.25) is 0 Å².